The first-order chi connectivity index (χ1) is 15.0. The maximum atomic E-state index is 12.9. The Kier molecular flexibility index (Phi) is 13.4. The second-order valence-electron chi connectivity index (χ2n) is 8.16. The molecule has 4 N–H and O–H groups in total. The van der Waals surface area contributed by atoms with E-state index in [1.807, 2.05) is 27.9 Å². The molecular formula is C22H43N5O4. The molecule has 0 aromatic heterocycles. The summed E-state index contributed by atoms with van der Waals surface area (Å²) in [4.78, 5) is 39.6. The highest BCUT2D eigenvalue weighted by Gasteiger charge is 2.42. The van der Waals surface area contributed by atoms with E-state index >= 15 is 0 Å². The maximum Gasteiger partial charge on any atom is 0.305 e. The van der Waals surface area contributed by atoms with Crippen molar-refractivity contribution in [1.29, 1.82) is 0 Å². The molecule has 2 saturated heterocycles. The highest BCUT2D eigenvalue weighted by atomic mass is 16.4. The number of amides is 2. The lowest BCUT2D eigenvalue weighted by Gasteiger charge is -2.46. The minimum absolute atomic E-state index is 0.0317. The van der Waals surface area contributed by atoms with E-state index in [4.69, 9.17) is 5.11 Å². The number of hydrogen-bond donors (Lipinski definition) is 4. The molecule has 0 aromatic rings. The predicted molar refractivity (Wildman–Crippen MR) is 122 cm³/mol. The molecule has 3 aliphatic rings. The molecular weight excluding hydrogens is 398 g/mol. The highest BCUT2D eigenvalue weighted by Crippen LogP contribution is 2.38. The number of carbonyl (C=O) groups is 3. The molecule has 3 atom stereocenters. The van der Waals surface area contributed by atoms with Gasteiger partial charge in [0.05, 0.1) is 13.0 Å². The van der Waals surface area contributed by atoms with Crippen LogP contribution in [0.4, 0.5) is 0 Å². The average molecular weight is 442 g/mol. The monoisotopic (exact) mass is 441 g/mol. The van der Waals surface area contributed by atoms with Crippen LogP contribution in [0.1, 0.15) is 46.0 Å². The molecule has 3 unspecified atom stereocenters. The summed E-state index contributed by atoms with van der Waals surface area (Å²) < 4.78 is 0. The number of carbonyl (C=O) groups excluding carboxylic acids is 2. The second kappa shape index (κ2) is 15.2. The van der Waals surface area contributed by atoms with Crippen molar-refractivity contribution in [1.82, 2.24) is 25.8 Å². The van der Waals surface area contributed by atoms with E-state index < -0.39 is 5.97 Å². The van der Waals surface area contributed by atoms with Crippen molar-refractivity contribution >= 4 is 17.8 Å². The molecule has 0 aromatic carbocycles. The Hall–Kier alpha value is -1.71. The average Bonchev–Trinajstić information content (AvgIpc) is 2.78. The molecule has 0 radical (unpaired) electrons. The van der Waals surface area contributed by atoms with Crippen molar-refractivity contribution in [3.05, 3.63) is 0 Å². The largest absolute Gasteiger partial charge is 0.481 e. The lowest BCUT2D eigenvalue weighted by molar-refractivity contribution is -0.147. The fourth-order valence-corrected chi connectivity index (χ4v) is 4.60. The van der Waals surface area contributed by atoms with E-state index in [2.05, 4.69) is 20.9 Å². The third kappa shape index (κ3) is 9.13. The van der Waals surface area contributed by atoms with Crippen LogP contribution in [-0.4, -0.2) is 98.6 Å². The minimum atomic E-state index is -0.941. The van der Waals surface area contributed by atoms with Gasteiger partial charge in [0.25, 0.3) is 0 Å². The van der Waals surface area contributed by atoms with Gasteiger partial charge in [0.1, 0.15) is 0 Å². The Morgan fingerprint density at radius 2 is 1.74 bits per heavy atom. The van der Waals surface area contributed by atoms with Crippen LogP contribution in [0.15, 0.2) is 0 Å². The zero-order chi connectivity index (χ0) is 23.2. The smallest absolute Gasteiger partial charge is 0.305 e. The summed E-state index contributed by atoms with van der Waals surface area (Å²) >= 11 is 0. The van der Waals surface area contributed by atoms with Gasteiger partial charge in [-0.15, -0.1) is 0 Å². The summed E-state index contributed by atoms with van der Waals surface area (Å²) in [5, 5.41) is 17.3. The molecule has 3 rings (SSSR count). The van der Waals surface area contributed by atoms with Crippen LogP contribution in [0, 0.1) is 11.8 Å². The van der Waals surface area contributed by atoms with Crippen LogP contribution < -0.4 is 16.0 Å². The quantitative estimate of drug-likeness (QED) is 0.471. The van der Waals surface area contributed by atoms with Gasteiger partial charge in [0, 0.05) is 51.2 Å². The molecule has 3 fully saturated rings. The number of rotatable bonds is 6. The zero-order valence-electron chi connectivity index (χ0n) is 19.8. The first-order valence-electron chi connectivity index (χ1n) is 11.8. The molecule has 9 heteroatoms. The molecule has 1 aliphatic carbocycles. The fraction of sp³-hybridized carbons (Fsp3) is 0.864. The number of nitrogens with zero attached hydrogens (tertiary/aromatic N) is 2. The van der Waals surface area contributed by atoms with Gasteiger partial charge in [-0.05, 0) is 45.7 Å². The Labute approximate surface area is 187 Å². The summed E-state index contributed by atoms with van der Waals surface area (Å²) in [5.41, 5.74) is 0. The van der Waals surface area contributed by atoms with E-state index in [1.54, 1.807) is 4.90 Å². The van der Waals surface area contributed by atoms with Gasteiger partial charge in [-0.3, -0.25) is 19.3 Å². The molecule has 1 saturated carbocycles. The highest BCUT2D eigenvalue weighted by molar-refractivity contribution is 5.86. The van der Waals surface area contributed by atoms with Crippen molar-refractivity contribution in [3.63, 3.8) is 0 Å². The summed E-state index contributed by atoms with van der Waals surface area (Å²) in [7, 11) is 3.75. The van der Waals surface area contributed by atoms with Crippen molar-refractivity contribution in [3.8, 4) is 0 Å². The van der Waals surface area contributed by atoms with Crippen LogP contribution in [0.5, 0.6) is 0 Å². The lowest BCUT2D eigenvalue weighted by Crippen LogP contribution is -2.55. The molecule has 2 heterocycles. The van der Waals surface area contributed by atoms with E-state index in [9.17, 15) is 14.4 Å². The van der Waals surface area contributed by atoms with E-state index in [-0.39, 0.29) is 37.2 Å². The fourth-order valence-electron chi connectivity index (χ4n) is 4.60. The van der Waals surface area contributed by atoms with E-state index in [0.29, 0.717) is 18.5 Å². The van der Waals surface area contributed by atoms with Crippen molar-refractivity contribution in [2.24, 2.45) is 11.8 Å². The molecule has 0 bridgehead atoms. The second-order valence-corrected chi connectivity index (χ2v) is 8.16. The van der Waals surface area contributed by atoms with Gasteiger partial charge in [-0.2, -0.15) is 0 Å². The number of aliphatic carboxylic acids is 1. The molecule has 31 heavy (non-hydrogen) atoms. The normalized spacial score (nSPS) is 25.9. The number of piperidine rings is 1. The van der Waals surface area contributed by atoms with Crippen molar-refractivity contribution in [2.45, 2.75) is 52.0 Å². The summed E-state index contributed by atoms with van der Waals surface area (Å²) in [6, 6.07) is 0.478. The number of piperazine rings is 1. The van der Waals surface area contributed by atoms with Gasteiger partial charge < -0.3 is 26.0 Å². The SMILES string of the molecule is CC.CNC.O=C(O)CCNC(=O)CN1CCC2CCC(N3CCNCC3)CC2C1=O. The van der Waals surface area contributed by atoms with Gasteiger partial charge in [0.15, 0.2) is 0 Å². The number of hydrogen-bond acceptors (Lipinski definition) is 6. The van der Waals surface area contributed by atoms with Crippen LogP contribution >= 0.6 is 0 Å². The van der Waals surface area contributed by atoms with Crippen LogP contribution in [0.3, 0.4) is 0 Å². The molecule has 0 spiro atoms. The molecule has 180 valence electrons. The van der Waals surface area contributed by atoms with Gasteiger partial charge in [-0.25, -0.2) is 0 Å². The van der Waals surface area contributed by atoms with Gasteiger partial charge in [0.2, 0.25) is 11.8 Å². The summed E-state index contributed by atoms with van der Waals surface area (Å²) in [5.74, 6) is -0.623. The van der Waals surface area contributed by atoms with E-state index in [1.165, 1.54) is 6.42 Å². The third-order valence-electron chi connectivity index (χ3n) is 6.03. The number of nitrogens with one attached hydrogen (secondary N) is 3. The molecule has 2 amide bonds. The number of carboxylic acids is 1. The standard InChI is InChI=1S/C18H30N4O4.C2H7N.C2H6/c23-16(20-5-3-17(24)25)12-22-8-4-13-1-2-14(11-15(13)18(22)26)21-9-6-19-7-10-21;1-3-2;1-2/h13-15,19H,1-12H2,(H,20,23)(H,24,25);3H,1-2H3;1-2H3. The maximum absolute atomic E-state index is 12.9. The van der Waals surface area contributed by atoms with Crippen LogP contribution in [0.2, 0.25) is 0 Å². The first kappa shape index (κ1) is 27.3. The molecule has 9 nitrogen and oxygen atoms in total. The topological polar surface area (TPSA) is 114 Å². The van der Waals surface area contributed by atoms with Crippen LogP contribution in [0.25, 0.3) is 0 Å². The van der Waals surface area contributed by atoms with Gasteiger partial charge in [-0.1, -0.05) is 13.8 Å². The van der Waals surface area contributed by atoms with Gasteiger partial charge >= 0.3 is 5.97 Å². The number of fused-ring (bicyclic) bond motifs is 1. The Balaban J connectivity index is 0.000000884. The lowest BCUT2D eigenvalue weighted by atomic mass is 9.72. The number of likely N-dealkylation sites (tertiary alicyclic amines) is 1. The Bertz CT molecular complexity index is 554. The molecule has 2 aliphatic heterocycles. The zero-order valence-corrected chi connectivity index (χ0v) is 19.8. The summed E-state index contributed by atoms with van der Waals surface area (Å²) in [6.07, 6.45) is 4.04. The Morgan fingerprint density at radius 1 is 1.10 bits per heavy atom. The predicted octanol–water partition coefficient (Wildman–Crippen LogP) is 0.362. The first-order valence-corrected chi connectivity index (χ1v) is 11.8. The summed E-state index contributed by atoms with van der Waals surface area (Å²) in [6.45, 7) is 8.90. The van der Waals surface area contributed by atoms with Crippen LogP contribution in [-0.2, 0) is 14.4 Å². The number of carboxylic acid groups (broad SMARTS) is 1. The minimum Gasteiger partial charge on any atom is -0.481 e. The van der Waals surface area contributed by atoms with E-state index in [0.717, 1.165) is 45.4 Å². The van der Waals surface area contributed by atoms with Crippen molar-refractivity contribution in [2.75, 3.05) is 59.9 Å². The third-order valence-corrected chi connectivity index (χ3v) is 6.03. The van der Waals surface area contributed by atoms with Crippen molar-refractivity contribution < 1.29 is 19.5 Å². The Morgan fingerprint density at radius 3 is 2.35 bits per heavy atom.